The van der Waals surface area contributed by atoms with Crippen molar-refractivity contribution >= 4 is 11.9 Å². The molecule has 0 spiro atoms. The van der Waals surface area contributed by atoms with Crippen LogP contribution in [0.1, 0.15) is 60.8 Å². The summed E-state index contributed by atoms with van der Waals surface area (Å²) in [4.78, 5) is 25.0. The van der Waals surface area contributed by atoms with Crippen LogP contribution >= 0.6 is 0 Å². The Morgan fingerprint density at radius 2 is 1.55 bits per heavy atom. The lowest BCUT2D eigenvalue weighted by Crippen LogP contribution is -2.43. The number of carboxylic acid groups (broad SMARTS) is 2. The van der Waals surface area contributed by atoms with Crippen molar-refractivity contribution in [3.63, 3.8) is 0 Å². The van der Waals surface area contributed by atoms with Gasteiger partial charge in [-0.3, -0.25) is 9.59 Å². The van der Waals surface area contributed by atoms with Gasteiger partial charge in [0.05, 0.1) is 0 Å². The van der Waals surface area contributed by atoms with E-state index in [4.69, 9.17) is 10.2 Å². The summed E-state index contributed by atoms with van der Waals surface area (Å²) in [5.74, 6) is -0.254. The zero-order valence-corrected chi connectivity index (χ0v) is 24.0. The molecule has 0 aromatic heterocycles. The minimum Gasteiger partial charge on any atom is -0.480 e. The van der Waals surface area contributed by atoms with Gasteiger partial charge in [0.1, 0.15) is 13.1 Å². The Kier molecular flexibility index (Phi) is 13.4. The first kappa shape index (κ1) is 32.5. The summed E-state index contributed by atoms with van der Waals surface area (Å²) in [5, 5.41) is 20.7. The molecule has 7 nitrogen and oxygen atoms in total. The van der Waals surface area contributed by atoms with Crippen LogP contribution in [0.4, 0.5) is 0 Å². The molecule has 0 bridgehead atoms. The number of dihydropyridines is 1. The van der Waals surface area contributed by atoms with E-state index in [0.717, 1.165) is 42.1 Å². The molecule has 1 saturated heterocycles. The van der Waals surface area contributed by atoms with E-state index in [-0.39, 0.29) is 13.1 Å². The molecule has 3 aliphatic heterocycles. The normalized spacial score (nSPS) is 18.9. The Morgan fingerprint density at radius 3 is 2.03 bits per heavy atom. The van der Waals surface area contributed by atoms with Crippen molar-refractivity contribution in [2.24, 2.45) is 17.8 Å². The first-order chi connectivity index (χ1) is 17.7. The van der Waals surface area contributed by atoms with Gasteiger partial charge in [0.2, 0.25) is 0 Å². The molecule has 0 radical (unpaired) electrons. The standard InChI is InChI=1S/C11H19NO2.C11H15NO2.C9H13N/c2*1-8(2)10-6-4-5-9(3)12(10)7-11(13)14;1-7(2)9-6-4-5-8(3)10-9/h8,10H,3-7H2,1-2H3,(H,13,14);4-6,8H,3,7H2,1-2H3,(H,13,14);4-7,10H,3H2,1-2H3. The van der Waals surface area contributed by atoms with Gasteiger partial charge in [-0.15, -0.1) is 0 Å². The number of nitrogens with zero attached hydrogens (tertiary/aromatic N) is 2. The highest BCUT2D eigenvalue weighted by Gasteiger charge is 2.27. The molecule has 3 rings (SSSR count). The highest BCUT2D eigenvalue weighted by molar-refractivity contribution is 5.70. The minimum atomic E-state index is -0.840. The van der Waals surface area contributed by atoms with Crippen molar-refractivity contribution < 1.29 is 19.8 Å². The first-order valence-corrected chi connectivity index (χ1v) is 13.3. The summed E-state index contributed by atoms with van der Waals surface area (Å²) in [5.41, 5.74) is 4.94. The van der Waals surface area contributed by atoms with Gasteiger partial charge in [-0.1, -0.05) is 73.4 Å². The Balaban J connectivity index is 0.000000290. The quantitative estimate of drug-likeness (QED) is 0.360. The summed E-state index contributed by atoms with van der Waals surface area (Å²) < 4.78 is 0. The third kappa shape index (κ3) is 10.9. The molecular weight excluding hydrogens is 478 g/mol. The van der Waals surface area contributed by atoms with Crippen LogP contribution in [-0.2, 0) is 9.59 Å². The van der Waals surface area contributed by atoms with E-state index in [1.165, 1.54) is 5.70 Å². The summed E-state index contributed by atoms with van der Waals surface area (Å²) in [6.07, 6.45) is 14.9. The molecule has 3 N–H and O–H groups in total. The van der Waals surface area contributed by atoms with E-state index < -0.39 is 11.9 Å². The van der Waals surface area contributed by atoms with E-state index in [9.17, 15) is 9.59 Å². The van der Waals surface area contributed by atoms with Gasteiger partial charge in [-0.25, -0.2) is 0 Å². The van der Waals surface area contributed by atoms with Crippen LogP contribution in [0.2, 0.25) is 0 Å². The second-order valence-corrected chi connectivity index (χ2v) is 10.7. The van der Waals surface area contributed by atoms with Crippen LogP contribution in [0, 0.1) is 17.8 Å². The SMILES string of the molecule is C=C1C=CC=C(C(C)C)N1.C=C1C=CC=C(C(C)C)N1CC(=O)O.C=C1CCCC(C(C)C)N1CC(=O)O. The Morgan fingerprint density at radius 1 is 0.947 bits per heavy atom. The fourth-order valence-corrected chi connectivity index (χ4v) is 4.43. The average molecular weight is 526 g/mol. The lowest BCUT2D eigenvalue weighted by Gasteiger charge is -2.40. The zero-order valence-electron chi connectivity index (χ0n) is 24.0. The van der Waals surface area contributed by atoms with Gasteiger partial charge >= 0.3 is 11.9 Å². The van der Waals surface area contributed by atoms with Gasteiger partial charge in [-0.05, 0) is 61.3 Å². The number of rotatable bonds is 7. The summed E-state index contributed by atoms with van der Waals surface area (Å²) in [6.45, 7) is 24.3. The van der Waals surface area contributed by atoms with Crippen LogP contribution in [0.15, 0.2) is 84.7 Å². The second-order valence-electron chi connectivity index (χ2n) is 10.7. The maximum Gasteiger partial charge on any atom is 0.323 e. The number of hydrogen-bond donors (Lipinski definition) is 3. The Hall–Kier alpha value is -3.48. The molecule has 1 unspecified atom stereocenters. The van der Waals surface area contributed by atoms with Crippen molar-refractivity contribution in [3.05, 3.63) is 84.7 Å². The molecule has 1 fully saturated rings. The molecule has 0 amide bonds. The first-order valence-electron chi connectivity index (χ1n) is 13.3. The van der Waals surface area contributed by atoms with E-state index >= 15 is 0 Å². The molecule has 0 aromatic rings. The lowest BCUT2D eigenvalue weighted by molar-refractivity contribution is -0.139. The minimum absolute atomic E-state index is 0.0206. The number of likely N-dealkylation sites (tertiary alicyclic amines) is 1. The number of piperidine rings is 1. The van der Waals surface area contributed by atoms with Gasteiger partial charge in [-0.2, -0.15) is 0 Å². The maximum absolute atomic E-state index is 10.7. The van der Waals surface area contributed by atoms with E-state index in [0.29, 0.717) is 23.8 Å². The number of aliphatic carboxylic acids is 2. The Labute approximate surface area is 229 Å². The molecule has 3 aliphatic rings. The lowest BCUT2D eigenvalue weighted by atomic mass is 9.91. The van der Waals surface area contributed by atoms with Crippen LogP contribution < -0.4 is 5.32 Å². The predicted molar refractivity (Wildman–Crippen MR) is 156 cm³/mol. The van der Waals surface area contributed by atoms with Crippen LogP contribution in [0.3, 0.4) is 0 Å². The molecule has 0 aromatic carbocycles. The molecule has 38 heavy (non-hydrogen) atoms. The van der Waals surface area contributed by atoms with Gasteiger partial charge in [0.15, 0.2) is 0 Å². The molecular formula is C31H47N3O4. The smallest absolute Gasteiger partial charge is 0.323 e. The number of hydrogen-bond acceptors (Lipinski definition) is 5. The number of nitrogens with one attached hydrogen (secondary N) is 1. The highest BCUT2D eigenvalue weighted by Crippen LogP contribution is 2.28. The monoisotopic (exact) mass is 525 g/mol. The van der Waals surface area contributed by atoms with Crippen LogP contribution in [0.25, 0.3) is 0 Å². The Bertz CT molecular complexity index is 999. The molecule has 210 valence electrons. The van der Waals surface area contributed by atoms with Crippen molar-refractivity contribution in [1.82, 2.24) is 15.1 Å². The summed E-state index contributed by atoms with van der Waals surface area (Å²) in [6, 6.07) is 0.354. The van der Waals surface area contributed by atoms with E-state index in [1.807, 2.05) is 49.1 Å². The summed E-state index contributed by atoms with van der Waals surface area (Å²) >= 11 is 0. The van der Waals surface area contributed by atoms with Crippen molar-refractivity contribution in [3.8, 4) is 0 Å². The van der Waals surface area contributed by atoms with Crippen LogP contribution in [-0.4, -0.2) is 51.1 Å². The maximum atomic E-state index is 10.7. The van der Waals surface area contributed by atoms with Crippen molar-refractivity contribution in [1.29, 1.82) is 0 Å². The second kappa shape index (κ2) is 15.7. The topological polar surface area (TPSA) is 93.1 Å². The van der Waals surface area contributed by atoms with E-state index in [2.05, 4.69) is 58.8 Å². The van der Waals surface area contributed by atoms with Gasteiger partial charge < -0.3 is 25.3 Å². The number of carboxylic acids is 2. The highest BCUT2D eigenvalue weighted by atomic mass is 16.4. The van der Waals surface area contributed by atoms with Crippen molar-refractivity contribution in [2.75, 3.05) is 13.1 Å². The van der Waals surface area contributed by atoms with Crippen LogP contribution in [0.5, 0.6) is 0 Å². The largest absolute Gasteiger partial charge is 0.480 e. The van der Waals surface area contributed by atoms with Crippen molar-refractivity contribution in [2.45, 2.75) is 66.8 Å². The van der Waals surface area contributed by atoms with Gasteiger partial charge in [0, 0.05) is 34.5 Å². The summed E-state index contributed by atoms with van der Waals surface area (Å²) in [7, 11) is 0. The van der Waals surface area contributed by atoms with E-state index in [1.54, 1.807) is 4.90 Å². The molecule has 0 aliphatic carbocycles. The molecule has 7 heteroatoms. The third-order valence-electron chi connectivity index (χ3n) is 6.45. The average Bonchev–Trinajstić information content (AvgIpc) is 2.81. The van der Waals surface area contributed by atoms with Gasteiger partial charge in [0.25, 0.3) is 0 Å². The number of allylic oxidation sites excluding steroid dienone is 9. The predicted octanol–water partition coefficient (Wildman–Crippen LogP) is 6.29. The molecule has 0 saturated carbocycles. The fraction of sp³-hybridized carbons (Fsp3) is 0.484. The fourth-order valence-electron chi connectivity index (χ4n) is 4.43. The zero-order chi connectivity index (χ0) is 29.0. The molecule has 3 heterocycles. The third-order valence-corrected chi connectivity index (χ3v) is 6.45. The number of carbonyl (C=O) groups is 2. The molecule has 1 atom stereocenters.